The summed E-state index contributed by atoms with van der Waals surface area (Å²) in [6.07, 6.45) is 1.53. The molecule has 0 saturated heterocycles. The fourth-order valence-corrected chi connectivity index (χ4v) is 0.744. The van der Waals surface area contributed by atoms with Crippen molar-refractivity contribution in [1.29, 1.82) is 0 Å². The summed E-state index contributed by atoms with van der Waals surface area (Å²) in [6, 6.07) is 1.62. The molecule has 0 aliphatic heterocycles. The Morgan fingerprint density at radius 3 is 2.54 bits per heavy atom. The molecule has 0 radical (unpaired) electrons. The number of nitrogen functional groups attached to an aromatic ring is 1. The smallest absolute Gasteiger partial charge is 0.218 e. The molecule has 0 amide bonds. The van der Waals surface area contributed by atoms with Gasteiger partial charge in [-0.05, 0) is 12.8 Å². The lowest BCUT2D eigenvalue weighted by Crippen LogP contribution is -2.19. The van der Waals surface area contributed by atoms with Gasteiger partial charge in [0.15, 0.2) is 0 Å². The summed E-state index contributed by atoms with van der Waals surface area (Å²) in [5.41, 5.74) is 5.48. The van der Waals surface area contributed by atoms with E-state index in [2.05, 4.69) is 23.8 Å². The van der Waals surface area contributed by atoms with Gasteiger partial charge in [0.05, 0.1) is 6.10 Å². The van der Waals surface area contributed by atoms with Crippen LogP contribution >= 0.6 is 0 Å². The molecule has 72 valence electrons. The van der Waals surface area contributed by atoms with Gasteiger partial charge in [-0.2, -0.15) is 0 Å². The van der Waals surface area contributed by atoms with Crippen LogP contribution in [-0.4, -0.2) is 16.1 Å². The molecule has 1 aromatic rings. The molecular formula is C9H15N3O. The first-order chi connectivity index (χ1) is 6.09. The van der Waals surface area contributed by atoms with Gasteiger partial charge in [-0.15, -0.1) is 0 Å². The zero-order valence-electron chi connectivity index (χ0n) is 8.19. The zero-order valence-corrected chi connectivity index (χ0v) is 8.19. The Morgan fingerprint density at radius 1 is 1.31 bits per heavy atom. The average Bonchev–Trinajstić information content (AvgIpc) is 2.04. The molecule has 0 aliphatic carbocycles. The maximum absolute atomic E-state index is 5.53. The Morgan fingerprint density at radius 2 is 2.00 bits per heavy atom. The highest BCUT2D eigenvalue weighted by Gasteiger charge is 2.09. The lowest BCUT2D eigenvalue weighted by molar-refractivity contribution is 0.163. The Hall–Kier alpha value is -1.32. The highest BCUT2D eigenvalue weighted by molar-refractivity contribution is 5.30. The summed E-state index contributed by atoms with van der Waals surface area (Å²) in [7, 11) is 0. The summed E-state index contributed by atoms with van der Waals surface area (Å²) in [5.74, 6) is 1.42. The van der Waals surface area contributed by atoms with Gasteiger partial charge < -0.3 is 10.5 Å². The predicted octanol–water partition coefficient (Wildman–Crippen LogP) is 1.48. The van der Waals surface area contributed by atoms with Crippen LogP contribution < -0.4 is 10.5 Å². The molecule has 2 N–H and O–H groups in total. The fraction of sp³-hybridized carbons (Fsp3) is 0.556. The maximum Gasteiger partial charge on any atom is 0.218 e. The third kappa shape index (κ3) is 2.89. The Balaban J connectivity index is 2.64. The molecule has 4 nitrogen and oxygen atoms in total. The third-order valence-corrected chi connectivity index (χ3v) is 1.91. The van der Waals surface area contributed by atoms with Crippen LogP contribution in [0.5, 0.6) is 5.88 Å². The van der Waals surface area contributed by atoms with Crippen LogP contribution in [0.1, 0.15) is 20.8 Å². The van der Waals surface area contributed by atoms with E-state index in [4.69, 9.17) is 10.5 Å². The van der Waals surface area contributed by atoms with E-state index >= 15 is 0 Å². The van der Waals surface area contributed by atoms with E-state index in [1.165, 1.54) is 6.33 Å². The van der Waals surface area contributed by atoms with Gasteiger partial charge in [0.1, 0.15) is 12.1 Å². The van der Waals surface area contributed by atoms with E-state index in [9.17, 15) is 0 Å². The predicted molar refractivity (Wildman–Crippen MR) is 51.4 cm³/mol. The summed E-state index contributed by atoms with van der Waals surface area (Å²) in [4.78, 5) is 7.73. The van der Waals surface area contributed by atoms with Crippen molar-refractivity contribution in [3.8, 4) is 5.88 Å². The van der Waals surface area contributed by atoms with E-state index in [1.807, 2.05) is 6.92 Å². The van der Waals surface area contributed by atoms with Crippen molar-refractivity contribution in [3.63, 3.8) is 0 Å². The highest BCUT2D eigenvalue weighted by atomic mass is 16.5. The minimum absolute atomic E-state index is 0.134. The first kappa shape index (κ1) is 9.77. The van der Waals surface area contributed by atoms with Gasteiger partial charge >= 0.3 is 0 Å². The molecule has 13 heavy (non-hydrogen) atoms. The van der Waals surface area contributed by atoms with E-state index < -0.39 is 0 Å². The van der Waals surface area contributed by atoms with Crippen molar-refractivity contribution >= 4 is 5.82 Å². The van der Waals surface area contributed by atoms with Crippen LogP contribution in [0.25, 0.3) is 0 Å². The average molecular weight is 181 g/mol. The summed E-state index contributed by atoms with van der Waals surface area (Å²) >= 11 is 0. The van der Waals surface area contributed by atoms with Gasteiger partial charge in [-0.1, -0.05) is 13.8 Å². The number of ether oxygens (including phenoxy) is 1. The fourth-order valence-electron chi connectivity index (χ4n) is 0.744. The molecule has 1 heterocycles. The molecule has 1 rings (SSSR count). The third-order valence-electron chi connectivity index (χ3n) is 1.91. The van der Waals surface area contributed by atoms with Gasteiger partial charge in [0.2, 0.25) is 5.88 Å². The number of hydrogen-bond donors (Lipinski definition) is 1. The highest BCUT2D eigenvalue weighted by Crippen LogP contribution is 2.13. The molecule has 0 bridgehead atoms. The number of nitrogens with zero attached hydrogens (tertiary/aromatic N) is 2. The van der Waals surface area contributed by atoms with Crippen LogP contribution in [0.3, 0.4) is 0 Å². The summed E-state index contributed by atoms with van der Waals surface area (Å²) in [5, 5.41) is 0. The quantitative estimate of drug-likeness (QED) is 0.767. The van der Waals surface area contributed by atoms with Crippen LogP contribution in [0, 0.1) is 5.92 Å². The molecular weight excluding hydrogens is 166 g/mol. The van der Waals surface area contributed by atoms with Crippen molar-refractivity contribution in [2.75, 3.05) is 5.73 Å². The van der Waals surface area contributed by atoms with Crippen molar-refractivity contribution < 1.29 is 4.74 Å². The first-order valence-electron chi connectivity index (χ1n) is 4.33. The Kier molecular flexibility index (Phi) is 3.06. The minimum atomic E-state index is 0.134. The summed E-state index contributed by atoms with van der Waals surface area (Å²) < 4.78 is 5.53. The molecule has 0 spiro atoms. The summed E-state index contributed by atoms with van der Waals surface area (Å²) in [6.45, 7) is 6.19. The largest absolute Gasteiger partial charge is 0.474 e. The molecule has 1 atom stereocenters. The number of hydrogen-bond acceptors (Lipinski definition) is 4. The molecule has 1 aromatic heterocycles. The van der Waals surface area contributed by atoms with Crippen LogP contribution in [0.2, 0.25) is 0 Å². The molecule has 0 aliphatic rings. The first-order valence-corrected chi connectivity index (χ1v) is 4.33. The van der Waals surface area contributed by atoms with Gasteiger partial charge in [-0.25, -0.2) is 9.97 Å². The zero-order chi connectivity index (χ0) is 9.84. The SMILES string of the molecule is CC(C)C(C)Oc1cc(N)ncn1. The van der Waals surface area contributed by atoms with Crippen LogP contribution in [0.4, 0.5) is 5.82 Å². The van der Waals surface area contributed by atoms with Gasteiger partial charge in [0, 0.05) is 6.07 Å². The van der Waals surface area contributed by atoms with Crippen molar-refractivity contribution in [1.82, 2.24) is 9.97 Å². The molecule has 0 aromatic carbocycles. The van der Waals surface area contributed by atoms with Crippen molar-refractivity contribution in [2.24, 2.45) is 5.92 Å². The maximum atomic E-state index is 5.53. The van der Waals surface area contributed by atoms with E-state index in [-0.39, 0.29) is 6.10 Å². The normalized spacial score (nSPS) is 12.9. The number of aromatic nitrogens is 2. The van der Waals surface area contributed by atoms with Crippen molar-refractivity contribution in [2.45, 2.75) is 26.9 Å². The van der Waals surface area contributed by atoms with Crippen molar-refractivity contribution in [3.05, 3.63) is 12.4 Å². The second kappa shape index (κ2) is 4.07. The van der Waals surface area contributed by atoms with Gasteiger partial charge in [0.25, 0.3) is 0 Å². The molecule has 0 fully saturated rings. The van der Waals surface area contributed by atoms with E-state index in [0.29, 0.717) is 17.6 Å². The number of nitrogens with two attached hydrogens (primary N) is 1. The molecule has 0 saturated carbocycles. The second-order valence-corrected chi connectivity index (χ2v) is 3.35. The standard InChI is InChI=1S/C9H15N3O/c1-6(2)7(3)13-9-4-8(10)11-5-12-9/h4-7H,1-3H3,(H2,10,11,12). The lowest BCUT2D eigenvalue weighted by atomic mass is 10.1. The number of anilines is 1. The monoisotopic (exact) mass is 181 g/mol. The van der Waals surface area contributed by atoms with Gasteiger partial charge in [-0.3, -0.25) is 0 Å². The lowest BCUT2D eigenvalue weighted by Gasteiger charge is -2.16. The number of rotatable bonds is 3. The van der Waals surface area contributed by atoms with Crippen LogP contribution in [0.15, 0.2) is 12.4 Å². The Bertz CT molecular complexity index is 275. The van der Waals surface area contributed by atoms with E-state index in [0.717, 1.165) is 0 Å². The Labute approximate surface area is 78.1 Å². The van der Waals surface area contributed by atoms with E-state index in [1.54, 1.807) is 6.07 Å². The van der Waals surface area contributed by atoms with Crippen LogP contribution in [-0.2, 0) is 0 Å². The topological polar surface area (TPSA) is 61.0 Å². The minimum Gasteiger partial charge on any atom is -0.474 e. The second-order valence-electron chi connectivity index (χ2n) is 3.35. The molecule has 4 heteroatoms. The molecule has 1 unspecified atom stereocenters.